The SMILES string of the molecule is CCN(CC1(C)CNC1)C(=O)C(F)(F)F. The minimum atomic E-state index is -4.76. The molecule has 1 amide bonds. The van der Waals surface area contributed by atoms with Crippen LogP contribution in [0.15, 0.2) is 0 Å². The van der Waals surface area contributed by atoms with Crippen LogP contribution in [0, 0.1) is 5.41 Å². The molecule has 88 valence electrons. The van der Waals surface area contributed by atoms with Crippen LogP contribution in [0.25, 0.3) is 0 Å². The summed E-state index contributed by atoms with van der Waals surface area (Å²) in [5.74, 6) is -1.74. The van der Waals surface area contributed by atoms with Crippen molar-refractivity contribution < 1.29 is 18.0 Å². The molecule has 1 N–H and O–H groups in total. The average molecular weight is 224 g/mol. The molecule has 0 aromatic heterocycles. The normalized spacial score (nSPS) is 19.5. The number of hydrogen-bond donors (Lipinski definition) is 1. The van der Waals surface area contributed by atoms with Crippen molar-refractivity contribution in [2.75, 3.05) is 26.2 Å². The molecule has 1 aliphatic rings. The van der Waals surface area contributed by atoms with E-state index in [0.29, 0.717) is 13.1 Å². The molecule has 3 nitrogen and oxygen atoms in total. The molecule has 0 bridgehead atoms. The third kappa shape index (κ3) is 2.84. The monoisotopic (exact) mass is 224 g/mol. The van der Waals surface area contributed by atoms with Gasteiger partial charge in [-0.15, -0.1) is 0 Å². The molecule has 0 saturated carbocycles. The Bertz CT molecular complexity index is 248. The first kappa shape index (κ1) is 12.3. The molecule has 1 aliphatic heterocycles. The number of carbonyl (C=O) groups is 1. The van der Waals surface area contributed by atoms with Gasteiger partial charge in [-0.05, 0) is 6.92 Å². The lowest BCUT2D eigenvalue weighted by Crippen LogP contribution is -2.58. The van der Waals surface area contributed by atoms with Crippen molar-refractivity contribution in [1.29, 1.82) is 0 Å². The van der Waals surface area contributed by atoms with Gasteiger partial charge in [-0.3, -0.25) is 4.79 Å². The first-order valence-electron chi connectivity index (χ1n) is 4.85. The third-order valence-electron chi connectivity index (χ3n) is 2.59. The van der Waals surface area contributed by atoms with Gasteiger partial charge in [-0.1, -0.05) is 6.92 Å². The van der Waals surface area contributed by atoms with Gasteiger partial charge in [-0.2, -0.15) is 13.2 Å². The van der Waals surface area contributed by atoms with Gasteiger partial charge in [0, 0.05) is 31.6 Å². The molecule has 15 heavy (non-hydrogen) atoms. The highest BCUT2D eigenvalue weighted by molar-refractivity contribution is 5.81. The summed E-state index contributed by atoms with van der Waals surface area (Å²) < 4.78 is 36.5. The second kappa shape index (κ2) is 4.00. The van der Waals surface area contributed by atoms with Crippen molar-refractivity contribution in [3.8, 4) is 0 Å². The minimum Gasteiger partial charge on any atom is -0.335 e. The van der Waals surface area contributed by atoms with E-state index in [0.717, 1.165) is 4.90 Å². The molecule has 0 spiro atoms. The molecular formula is C9H15F3N2O. The Morgan fingerprint density at radius 1 is 1.47 bits per heavy atom. The van der Waals surface area contributed by atoms with Gasteiger partial charge in [0.25, 0.3) is 0 Å². The van der Waals surface area contributed by atoms with Crippen LogP contribution in [0.1, 0.15) is 13.8 Å². The van der Waals surface area contributed by atoms with Gasteiger partial charge in [0.15, 0.2) is 0 Å². The summed E-state index contributed by atoms with van der Waals surface area (Å²) >= 11 is 0. The Morgan fingerprint density at radius 3 is 2.27 bits per heavy atom. The number of nitrogens with zero attached hydrogens (tertiary/aromatic N) is 1. The van der Waals surface area contributed by atoms with Crippen molar-refractivity contribution in [1.82, 2.24) is 10.2 Å². The number of hydrogen-bond acceptors (Lipinski definition) is 2. The summed E-state index contributed by atoms with van der Waals surface area (Å²) in [5, 5.41) is 2.99. The highest BCUT2D eigenvalue weighted by Crippen LogP contribution is 2.25. The molecule has 1 fully saturated rings. The van der Waals surface area contributed by atoms with Crippen LogP contribution in [0.3, 0.4) is 0 Å². The number of carbonyl (C=O) groups excluding carboxylic acids is 1. The molecule has 1 rings (SSSR count). The fourth-order valence-electron chi connectivity index (χ4n) is 1.63. The number of rotatable bonds is 3. The number of amides is 1. The lowest BCUT2D eigenvalue weighted by Gasteiger charge is -2.42. The molecular weight excluding hydrogens is 209 g/mol. The van der Waals surface area contributed by atoms with Gasteiger partial charge in [0.2, 0.25) is 0 Å². The van der Waals surface area contributed by atoms with E-state index in [1.807, 2.05) is 6.92 Å². The van der Waals surface area contributed by atoms with Crippen LogP contribution >= 0.6 is 0 Å². The average Bonchev–Trinajstić information content (AvgIpc) is 2.08. The number of halogens is 3. The summed E-state index contributed by atoms with van der Waals surface area (Å²) in [6.07, 6.45) is -4.76. The maximum Gasteiger partial charge on any atom is 0.471 e. The smallest absolute Gasteiger partial charge is 0.335 e. The molecule has 0 aromatic carbocycles. The summed E-state index contributed by atoms with van der Waals surface area (Å²) in [5.41, 5.74) is -0.211. The predicted octanol–water partition coefficient (Wildman–Crippen LogP) is 1.01. The highest BCUT2D eigenvalue weighted by Gasteiger charge is 2.44. The van der Waals surface area contributed by atoms with E-state index in [2.05, 4.69) is 5.32 Å². The van der Waals surface area contributed by atoms with E-state index >= 15 is 0 Å². The Labute approximate surface area is 86.6 Å². The second-order valence-electron chi connectivity index (χ2n) is 4.23. The first-order valence-corrected chi connectivity index (χ1v) is 4.85. The molecule has 0 radical (unpaired) electrons. The zero-order valence-electron chi connectivity index (χ0n) is 8.82. The fourth-order valence-corrected chi connectivity index (χ4v) is 1.63. The second-order valence-corrected chi connectivity index (χ2v) is 4.23. The fraction of sp³-hybridized carbons (Fsp3) is 0.889. The molecule has 0 unspecified atom stereocenters. The van der Waals surface area contributed by atoms with E-state index in [4.69, 9.17) is 0 Å². The molecule has 0 atom stereocenters. The van der Waals surface area contributed by atoms with E-state index in [1.54, 1.807) is 6.92 Å². The van der Waals surface area contributed by atoms with Crippen LogP contribution in [0.4, 0.5) is 13.2 Å². The summed E-state index contributed by atoms with van der Waals surface area (Å²) in [6.45, 7) is 5.00. The van der Waals surface area contributed by atoms with Gasteiger partial charge >= 0.3 is 12.1 Å². The van der Waals surface area contributed by atoms with Crippen LogP contribution in [-0.4, -0.2) is 43.2 Å². The zero-order valence-corrected chi connectivity index (χ0v) is 8.82. The standard InChI is InChI=1S/C9H15F3N2O/c1-3-14(7(15)9(10,11)12)6-8(2)4-13-5-8/h13H,3-6H2,1-2H3. The Balaban J connectivity index is 2.59. The molecule has 6 heteroatoms. The van der Waals surface area contributed by atoms with Crippen molar-refractivity contribution in [2.24, 2.45) is 5.41 Å². The topological polar surface area (TPSA) is 32.3 Å². The lowest BCUT2D eigenvalue weighted by atomic mass is 9.83. The quantitative estimate of drug-likeness (QED) is 0.775. The summed E-state index contributed by atoms with van der Waals surface area (Å²) in [7, 11) is 0. The van der Waals surface area contributed by atoms with E-state index in [1.165, 1.54) is 0 Å². The van der Waals surface area contributed by atoms with Gasteiger partial charge in [0.05, 0.1) is 0 Å². The Morgan fingerprint density at radius 2 is 2.00 bits per heavy atom. The van der Waals surface area contributed by atoms with E-state index in [-0.39, 0.29) is 18.5 Å². The van der Waals surface area contributed by atoms with Crippen LogP contribution < -0.4 is 5.32 Å². The molecule has 1 heterocycles. The molecule has 0 aliphatic carbocycles. The van der Waals surface area contributed by atoms with E-state index < -0.39 is 12.1 Å². The summed E-state index contributed by atoms with van der Waals surface area (Å²) in [6, 6.07) is 0. The Hall–Kier alpha value is -0.780. The predicted molar refractivity (Wildman–Crippen MR) is 49.3 cm³/mol. The zero-order chi connectivity index (χ0) is 11.7. The van der Waals surface area contributed by atoms with Crippen molar-refractivity contribution >= 4 is 5.91 Å². The van der Waals surface area contributed by atoms with Crippen LogP contribution in [0.5, 0.6) is 0 Å². The third-order valence-corrected chi connectivity index (χ3v) is 2.59. The largest absolute Gasteiger partial charge is 0.471 e. The van der Waals surface area contributed by atoms with Crippen molar-refractivity contribution in [3.63, 3.8) is 0 Å². The highest BCUT2D eigenvalue weighted by atomic mass is 19.4. The van der Waals surface area contributed by atoms with E-state index in [9.17, 15) is 18.0 Å². The maximum absolute atomic E-state index is 12.2. The minimum absolute atomic E-state index is 0.0912. The molecule has 0 aromatic rings. The Kier molecular flexibility index (Phi) is 3.28. The van der Waals surface area contributed by atoms with Crippen LogP contribution in [-0.2, 0) is 4.79 Å². The molecule has 1 saturated heterocycles. The van der Waals surface area contributed by atoms with Crippen molar-refractivity contribution in [2.45, 2.75) is 20.0 Å². The van der Waals surface area contributed by atoms with Gasteiger partial charge in [0.1, 0.15) is 0 Å². The number of alkyl halides is 3. The van der Waals surface area contributed by atoms with Gasteiger partial charge in [-0.25, -0.2) is 0 Å². The lowest BCUT2D eigenvalue weighted by molar-refractivity contribution is -0.187. The first-order chi connectivity index (χ1) is 6.78. The maximum atomic E-state index is 12.2. The van der Waals surface area contributed by atoms with Crippen LogP contribution in [0.2, 0.25) is 0 Å². The summed E-state index contributed by atoms with van der Waals surface area (Å²) in [4.78, 5) is 11.9. The number of nitrogens with one attached hydrogen (secondary N) is 1. The van der Waals surface area contributed by atoms with Crippen molar-refractivity contribution in [3.05, 3.63) is 0 Å². The van der Waals surface area contributed by atoms with Gasteiger partial charge < -0.3 is 10.2 Å².